The van der Waals surface area contributed by atoms with E-state index in [1.165, 1.54) is 19.3 Å². The van der Waals surface area contributed by atoms with E-state index in [4.69, 9.17) is 0 Å². The minimum atomic E-state index is -0.0984. The summed E-state index contributed by atoms with van der Waals surface area (Å²) >= 11 is 0. The van der Waals surface area contributed by atoms with Crippen molar-refractivity contribution in [1.82, 2.24) is 5.32 Å². The van der Waals surface area contributed by atoms with E-state index in [0.717, 1.165) is 23.6 Å². The third-order valence-electron chi connectivity index (χ3n) is 3.67. The van der Waals surface area contributed by atoms with Crippen LogP contribution in [0.3, 0.4) is 0 Å². The summed E-state index contributed by atoms with van der Waals surface area (Å²) in [5.74, 6) is 0.661. The highest BCUT2D eigenvalue weighted by atomic mass is 19.1. The Morgan fingerprint density at radius 3 is 2.81 bits per heavy atom. The third-order valence-corrected chi connectivity index (χ3v) is 3.67. The van der Waals surface area contributed by atoms with E-state index < -0.39 is 0 Å². The highest BCUT2D eigenvalue weighted by molar-refractivity contribution is 5.23. The van der Waals surface area contributed by atoms with Crippen LogP contribution in [0.1, 0.15) is 37.3 Å². The number of hydrogen-bond acceptors (Lipinski definition) is 1. The molecule has 0 radical (unpaired) electrons. The minimum absolute atomic E-state index is 0.0984. The van der Waals surface area contributed by atoms with Gasteiger partial charge in [-0.1, -0.05) is 25.5 Å². The number of nitrogens with one attached hydrogen (secondary N) is 1. The van der Waals surface area contributed by atoms with Crippen molar-refractivity contribution in [3.8, 4) is 0 Å². The molecule has 1 N–H and O–H groups in total. The molecule has 0 saturated heterocycles. The van der Waals surface area contributed by atoms with Gasteiger partial charge >= 0.3 is 0 Å². The van der Waals surface area contributed by atoms with Crippen molar-refractivity contribution in [2.24, 2.45) is 5.92 Å². The van der Waals surface area contributed by atoms with E-state index in [9.17, 15) is 4.39 Å². The fourth-order valence-electron chi connectivity index (χ4n) is 2.44. The van der Waals surface area contributed by atoms with Gasteiger partial charge in [0.15, 0.2) is 0 Å². The molecule has 1 fully saturated rings. The van der Waals surface area contributed by atoms with Crippen LogP contribution in [0.2, 0.25) is 0 Å². The van der Waals surface area contributed by atoms with E-state index >= 15 is 0 Å². The largest absolute Gasteiger partial charge is 0.310 e. The maximum Gasteiger partial charge on any atom is 0.126 e. The fourth-order valence-corrected chi connectivity index (χ4v) is 2.44. The minimum Gasteiger partial charge on any atom is -0.310 e. The zero-order valence-electron chi connectivity index (χ0n) is 10.1. The molecule has 16 heavy (non-hydrogen) atoms. The average Bonchev–Trinajstić information content (AvgIpc) is 2.66. The number of aryl methyl sites for hydroxylation is 1. The van der Waals surface area contributed by atoms with Crippen LogP contribution in [0.4, 0.5) is 4.39 Å². The second kappa shape index (κ2) is 4.96. The SMILES string of the molecule is Cc1ccc(CNC2CCCC2C)cc1F. The summed E-state index contributed by atoms with van der Waals surface area (Å²) in [4.78, 5) is 0. The summed E-state index contributed by atoms with van der Waals surface area (Å²) in [5, 5.41) is 3.53. The Morgan fingerprint density at radius 2 is 2.19 bits per heavy atom. The van der Waals surface area contributed by atoms with Crippen molar-refractivity contribution >= 4 is 0 Å². The first-order valence-electron chi connectivity index (χ1n) is 6.15. The Morgan fingerprint density at radius 1 is 1.38 bits per heavy atom. The average molecular weight is 221 g/mol. The van der Waals surface area contributed by atoms with Crippen LogP contribution in [-0.4, -0.2) is 6.04 Å². The smallest absolute Gasteiger partial charge is 0.126 e. The predicted molar refractivity (Wildman–Crippen MR) is 64.8 cm³/mol. The van der Waals surface area contributed by atoms with Gasteiger partial charge in [0.25, 0.3) is 0 Å². The normalized spacial score (nSPS) is 24.9. The standard InChI is InChI=1S/C14H20FN/c1-10-6-7-12(8-13(10)15)9-16-14-5-3-4-11(14)2/h6-8,11,14,16H,3-5,9H2,1-2H3. The van der Waals surface area contributed by atoms with Crippen LogP contribution in [0, 0.1) is 18.7 Å². The summed E-state index contributed by atoms with van der Waals surface area (Å²) < 4.78 is 13.3. The van der Waals surface area contributed by atoms with Gasteiger partial charge in [-0.15, -0.1) is 0 Å². The molecule has 2 unspecified atom stereocenters. The Balaban J connectivity index is 1.91. The van der Waals surface area contributed by atoms with Crippen molar-refractivity contribution in [3.05, 3.63) is 35.1 Å². The monoisotopic (exact) mass is 221 g/mol. The van der Waals surface area contributed by atoms with Gasteiger partial charge in [0.2, 0.25) is 0 Å². The first kappa shape index (κ1) is 11.6. The molecule has 1 saturated carbocycles. The molecule has 2 atom stereocenters. The summed E-state index contributed by atoms with van der Waals surface area (Å²) in [7, 11) is 0. The molecule has 1 aromatic carbocycles. The van der Waals surface area contributed by atoms with E-state index in [1.54, 1.807) is 13.0 Å². The molecule has 88 valence electrons. The molecule has 1 aromatic rings. The van der Waals surface area contributed by atoms with Crippen LogP contribution in [0.5, 0.6) is 0 Å². The van der Waals surface area contributed by atoms with Crippen LogP contribution < -0.4 is 5.32 Å². The lowest BCUT2D eigenvalue weighted by Crippen LogP contribution is -2.30. The highest BCUT2D eigenvalue weighted by Crippen LogP contribution is 2.25. The van der Waals surface area contributed by atoms with Gasteiger partial charge in [-0.3, -0.25) is 0 Å². The maximum absolute atomic E-state index is 13.3. The topological polar surface area (TPSA) is 12.0 Å². The van der Waals surface area contributed by atoms with Crippen LogP contribution in [-0.2, 0) is 6.54 Å². The molecular formula is C14H20FN. The van der Waals surface area contributed by atoms with Crippen molar-refractivity contribution in [1.29, 1.82) is 0 Å². The number of hydrogen-bond donors (Lipinski definition) is 1. The van der Waals surface area contributed by atoms with Crippen molar-refractivity contribution < 1.29 is 4.39 Å². The molecule has 0 aromatic heterocycles. The zero-order valence-corrected chi connectivity index (χ0v) is 10.1. The van der Waals surface area contributed by atoms with Crippen molar-refractivity contribution in [2.45, 2.75) is 45.7 Å². The van der Waals surface area contributed by atoms with Crippen LogP contribution >= 0.6 is 0 Å². The molecule has 1 aliphatic rings. The Kier molecular flexibility index (Phi) is 3.59. The first-order chi connectivity index (χ1) is 7.66. The molecule has 1 nitrogen and oxygen atoms in total. The van der Waals surface area contributed by atoms with Gasteiger partial charge in [-0.2, -0.15) is 0 Å². The molecule has 2 rings (SSSR count). The zero-order chi connectivity index (χ0) is 11.5. The summed E-state index contributed by atoms with van der Waals surface area (Å²) in [5.41, 5.74) is 1.76. The van der Waals surface area contributed by atoms with Gasteiger partial charge in [-0.25, -0.2) is 4.39 Å². The van der Waals surface area contributed by atoms with Crippen molar-refractivity contribution in [2.75, 3.05) is 0 Å². The summed E-state index contributed by atoms with van der Waals surface area (Å²) in [6.45, 7) is 4.87. The quantitative estimate of drug-likeness (QED) is 0.824. The predicted octanol–water partition coefficient (Wildman–Crippen LogP) is 3.41. The van der Waals surface area contributed by atoms with Gasteiger partial charge < -0.3 is 5.32 Å². The Bertz CT molecular complexity index is 362. The molecule has 1 aliphatic carbocycles. The molecule has 2 heteroatoms. The molecule has 0 heterocycles. The Labute approximate surface area is 97.1 Å². The van der Waals surface area contributed by atoms with Gasteiger partial charge in [0, 0.05) is 12.6 Å². The number of halogens is 1. The molecular weight excluding hydrogens is 201 g/mol. The van der Waals surface area contributed by atoms with Gasteiger partial charge in [0.05, 0.1) is 0 Å². The lowest BCUT2D eigenvalue weighted by atomic mass is 10.1. The van der Waals surface area contributed by atoms with E-state index in [0.29, 0.717) is 6.04 Å². The second-order valence-corrected chi connectivity index (χ2v) is 4.98. The highest BCUT2D eigenvalue weighted by Gasteiger charge is 2.22. The first-order valence-corrected chi connectivity index (χ1v) is 6.15. The molecule has 0 spiro atoms. The molecule has 0 aliphatic heterocycles. The third kappa shape index (κ3) is 2.62. The van der Waals surface area contributed by atoms with E-state index in [1.807, 2.05) is 12.1 Å². The van der Waals surface area contributed by atoms with E-state index in [2.05, 4.69) is 12.2 Å². The van der Waals surface area contributed by atoms with Gasteiger partial charge in [0.1, 0.15) is 5.82 Å². The molecule has 0 bridgehead atoms. The number of benzene rings is 1. The Hall–Kier alpha value is -0.890. The lowest BCUT2D eigenvalue weighted by Gasteiger charge is -2.17. The fraction of sp³-hybridized carbons (Fsp3) is 0.571. The van der Waals surface area contributed by atoms with Crippen molar-refractivity contribution in [3.63, 3.8) is 0 Å². The summed E-state index contributed by atoms with van der Waals surface area (Å²) in [6, 6.07) is 6.11. The van der Waals surface area contributed by atoms with Crippen LogP contribution in [0.25, 0.3) is 0 Å². The maximum atomic E-state index is 13.3. The molecule has 0 amide bonds. The van der Waals surface area contributed by atoms with E-state index in [-0.39, 0.29) is 5.82 Å². The van der Waals surface area contributed by atoms with Gasteiger partial charge in [-0.05, 0) is 42.9 Å². The lowest BCUT2D eigenvalue weighted by molar-refractivity contribution is 0.425. The summed E-state index contributed by atoms with van der Waals surface area (Å²) in [6.07, 6.45) is 3.90. The van der Waals surface area contributed by atoms with Crippen LogP contribution in [0.15, 0.2) is 18.2 Å². The number of rotatable bonds is 3. The second-order valence-electron chi connectivity index (χ2n) is 4.98.